The Hall–Kier alpha value is -0.950. The van der Waals surface area contributed by atoms with Gasteiger partial charge in [-0.05, 0) is 37.9 Å². The predicted octanol–water partition coefficient (Wildman–Crippen LogP) is 1.39. The Morgan fingerprint density at radius 2 is 1.90 bits per heavy atom. The molecule has 2 rings (SSSR count). The van der Waals surface area contributed by atoms with Crippen molar-refractivity contribution in [3.8, 4) is 0 Å². The molecule has 0 radical (unpaired) electrons. The average Bonchev–Trinajstić information content (AvgIpc) is 2.40. The van der Waals surface area contributed by atoms with Crippen LogP contribution in [0.4, 0.5) is 0 Å². The van der Waals surface area contributed by atoms with Gasteiger partial charge in [-0.3, -0.25) is 0 Å². The molecule has 0 aliphatic carbocycles. The largest absolute Gasteiger partial charge is 0.378 e. The maximum atomic E-state index is 12.2. The van der Waals surface area contributed by atoms with Crippen LogP contribution in [0.25, 0.3) is 0 Å². The van der Waals surface area contributed by atoms with E-state index in [9.17, 15) is 8.42 Å². The van der Waals surface area contributed by atoms with Gasteiger partial charge in [0, 0.05) is 19.2 Å². The summed E-state index contributed by atoms with van der Waals surface area (Å²) >= 11 is 0. The molecule has 1 saturated heterocycles. The van der Waals surface area contributed by atoms with E-state index in [4.69, 9.17) is 4.74 Å². The van der Waals surface area contributed by atoms with Crippen molar-refractivity contribution in [3.63, 3.8) is 0 Å². The molecule has 5 nitrogen and oxygen atoms in total. The molecule has 0 spiro atoms. The Morgan fingerprint density at radius 3 is 2.52 bits per heavy atom. The smallest absolute Gasteiger partial charge is 0.216 e. The summed E-state index contributed by atoms with van der Waals surface area (Å²) in [6.45, 7) is 3.37. The fraction of sp³-hybridized carbons (Fsp3) is 0.600. The van der Waals surface area contributed by atoms with Gasteiger partial charge in [0.25, 0.3) is 0 Å². The average molecular weight is 312 g/mol. The van der Waals surface area contributed by atoms with E-state index in [2.05, 4.69) is 10.0 Å². The molecule has 0 amide bonds. The first-order chi connectivity index (χ1) is 9.98. The van der Waals surface area contributed by atoms with E-state index in [0.717, 1.165) is 30.5 Å². The maximum absolute atomic E-state index is 12.2. The summed E-state index contributed by atoms with van der Waals surface area (Å²) in [7, 11) is -1.42. The molecule has 0 saturated carbocycles. The van der Waals surface area contributed by atoms with Gasteiger partial charge in [0.2, 0.25) is 10.0 Å². The van der Waals surface area contributed by atoms with Crippen LogP contribution in [0, 0.1) is 0 Å². The third-order valence-corrected chi connectivity index (χ3v) is 5.00. The monoisotopic (exact) mass is 312 g/mol. The summed E-state index contributed by atoms with van der Waals surface area (Å²) in [6, 6.07) is 7.65. The van der Waals surface area contributed by atoms with Crippen LogP contribution in [0.3, 0.4) is 0 Å². The molecule has 2 unspecified atom stereocenters. The quantitative estimate of drug-likeness (QED) is 0.833. The molecule has 21 heavy (non-hydrogen) atoms. The van der Waals surface area contributed by atoms with Crippen LogP contribution in [-0.4, -0.2) is 34.2 Å². The second-order valence-electron chi connectivity index (χ2n) is 5.63. The topological polar surface area (TPSA) is 67.4 Å². The van der Waals surface area contributed by atoms with E-state index < -0.39 is 10.0 Å². The molecule has 1 aliphatic rings. The Labute approximate surface area is 127 Å². The Morgan fingerprint density at radius 1 is 1.24 bits per heavy atom. The molecule has 1 aliphatic heterocycles. The van der Waals surface area contributed by atoms with Gasteiger partial charge in [-0.25, -0.2) is 13.1 Å². The van der Waals surface area contributed by atoms with Gasteiger partial charge >= 0.3 is 0 Å². The SMILES string of the molecule is CNCc1ccc(CS(=O)(=O)NC2CCOC(C)C2)cc1. The van der Waals surface area contributed by atoms with Crippen LogP contribution in [0.5, 0.6) is 0 Å². The summed E-state index contributed by atoms with van der Waals surface area (Å²) in [6.07, 6.45) is 1.60. The first-order valence-electron chi connectivity index (χ1n) is 7.32. The molecule has 118 valence electrons. The zero-order valence-corrected chi connectivity index (χ0v) is 13.4. The number of sulfonamides is 1. The molecule has 1 heterocycles. The maximum Gasteiger partial charge on any atom is 0.216 e. The van der Waals surface area contributed by atoms with Gasteiger partial charge in [0.15, 0.2) is 0 Å². The molecule has 1 aromatic carbocycles. The Kier molecular flexibility index (Phi) is 5.75. The van der Waals surface area contributed by atoms with E-state index in [0.29, 0.717) is 6.61 Å². The normalized spacial score (nSPS) is 23.1. The minimum atomic E-state index is -3.30. The third-order valence-electron chi connectivity index (χ3n) is 3.59. The van der Waals surface area contributed by atoms with Gasteiger partial charge < -0.3 is 10.1 Å². The molecule has 6 heteroatoms. The lowest BCUT2D eigenvalue weighted by molar-refractivity contribution is 0.0173. The fourth-order valence-electron chi connectivity index (χ4n) is 2.58. The van der Waals surface area contributed by atoms with Gasteiger partial charge in [-0.15, -0.1) is 0 Å². The van der Waals surface area contributed by atoms with Crippen molar-refractivity contribution in [3.05, 3.63) is 35.4 Å². The molecule has 0 bridgehead atoms. The number of benzene rings is 1. The lowest BCUT2D eigenvalue weighted by Crippen LogP contribution is -2.41. The zero-order chi connectivity index (χ0) is 15.3. The zero-order valence-electron chi connectivity index (χ0n) is 12.6. The standard InChI is InChI=1S/C15H24N2O3S/c1-12-9-15(7-8-20-12)17-21(18,19)11-14-5-3-13(4-6-14)10-16-2/h3-6,12,15-17H,7-11H2,1-2H3. The second kappa shape index (κ2) is 7.35. The highest BCUT2D eigenvalue weighted by molar-refractivity contribution is 7.88. The van der Waals surface area contributed by atoms with Crippen molar-refractivity contribution < 1.29 is 13.2 Å². The fourth-order valence-corrected chi connectivity index (χ4v) is 4.01. The van der Waals surface area contributed by atoms with E-state index in [-0.39, 0.29) is 17.9 Å². The van der Waals surface area contributed by atoms with Crippen molar-refractivity contribution in [2.75, 3.05) is 13.7 Å². The van der Waals surface area contributed by atoms with Crippen LogP contribution in [0.15, 0.2) is 24.3 Å². The third kappa shape index (κ3) is 5.39. The molecule has 2 atom stereocenters. The summed E-state index contributed by atoms with van der Waals surface area (Å²) in [5, 5.41) is 3.07. The van der Waals surface area contributed by atoms with Crippen LogP contribution in [0.2, 0.25) is 0 Å². The summed E-state index contributed by atoms with van der Waals surface area (Å²) in [5.41, 5.74) is 1.95. The predicted molar refractivity (Wildman–Crippen MR) is 83.4 cm³/mol. The second-order valence-corrected chi connectivity index (χ2v) is 7.38. The van der Waals surface area contributed by atoms with Crippen molar-refractivity contribution in [1.29, 1.82) is 0 Å². The number of rotatable bonds is 6. The summed E-state index contributed by atoms with van der Waals surface area (Å²) in [4.78, 5) is 0. The number of ether oxygens (including phenoxy) is 1. The van der Waals surface area contributed by atoms with E-state index in [1.165, 1.54) is 0 Å². The first kappa shape index (κ1) is 16.4. The van der Waals surface area contributed by atoms with Gasteiger partial charge in [-0.1, -0.05) is 24.3 Å². The van der Waals surface area contributed by atoms with E-state index in [1.54, 1.807) is 0 Å². The van der Waals surface area contributed by atoms with Crippen LogP contribution in [-0.2, 0) is 27.1 Å². The van der Waals surface area contributed by atoms with Crippen LogP contribution < -0.4 is 10.0 Å². The molecule has 1 aromatic rings. The first-order valence-corrected chi connectivity index (χ1v) is 8.98. The molecule has 0 aromatic heterocycles. The van der Waals surface area contributed by atoms with Crippen LogP contribution in [0.1, 0.15) is 30.9 Å². The Balaban J connectivity index is 1.93. The summed E-state index contributed by atoms with van der Waals surface area (Å²) < 4.78 is 32.7. The highest BCUT2D eigenvalue weighted by Crippen LogP contribution is 2.15. The Bertz CT molecular complexity index is 543. The minimum absolute atomic E-state index is 0.0117. The van der Waals surface area contributed by atoms with E-state index >= 15 is 0 Å². The van der Waals surface area contributed by atoms with Gasteiger partial charge in [-0.2, -0.15) is 0 Å². The molecule has 1 fully saturated rings. The van der Waals surface area contributed by atoms with Gasteiger partial charge in [0.05, 0.1) is 11.9 Å². The molecular weight excluding hydrogens is 288 g/mol. The lowest BCUT2D eigenvalue weighted by Gasteiger charge is -2.27. The van der Waals surface area contributed by atoms with E-state index in [1.807, 2.05) is 38.2 Å². The van der Waals surface area contributed by atoms with Crippen molar-refractivity contribution in [1.82, 2.24) is 10.0 Å². The highest BCUT2D eigenvalue weighted by atomic mass is 32.2. The van der Waals surface area contributed by atoms with Crippen molar-refractivity contribution >= 4 is 10.0 Å². The molecular formula is C15H24N2O3S. The highest BCUT2D eigenvalue weighted by Gasteiger charge is 2.24. The number of hydrogen-bond acceptors (Lipinski definition) is 4. The van der Waals surface area contributed by atoms with Crippen LogP contribution >= 0.6 is 0 Å². The van der Waals surface area contributed by atoms with Crippen molar-refractivity contribution in [2.24, 2.45) is 0 Å². The molecule has 2 N–H and O–H groups in total. The summed E-state index contributed by atoms with van der Waals surface area (Å²) in [5.74, 6) is 0.0264. The minimum Gasteiger partial charge on any atom is -0.378 e. The van der Waals surface area contributed by atoms with Crippen molar-refractivity contribution in [2.45, 2.75) is 44.2 Å². The number of hydrogen-bond donors (Lipinski definition) is 2. The van der Waals surface area contributed by atoms with Gasteiger partial charge in [0.1, 0.15) is 0 Å². The lowest BCUT2D eigenvalue weighted by atomic mass is 10.1. The number of nitrogens with one attached hydrogen (secondary N) is 2.